The van der Waals surface area contributed by atoms with Crippen LogP contribution in [0.3, 0.4) is 0 Å². The molecule has 0 aromatic carbocycles. The molecule has 2 aliphatic rings. The van der Waals surface area contributed by atoms with E-state index in [-0.39, 0.29) is 0 Å². The van der Waals surface area contributed by atoms with Crippen LogP contribution >= 0.6 is 15.9 Å². The van der Waals surface area contributed by atoms with Crippen molar-refractivity contribution in [2.45, 2.75) is 30.5 Å². The molecular formula is C10H26BrN3. The molecule has 0 heterocycles. The summed E-state index contributed by atoms with van der Waals surface area (Å²) in [6.45, 7) is 0. The third-order valence-electron chi connectivity index (χ3n) is 2.65. The number of hydrogen-bond acceptors (Lipinski definition) is 3. The highest BCUT2D eigenvalue weighted by atomic mass is 79.9. The van der Waals surface area contributed by atoms with E-state index in [9.17, 15) is 0 Å². The van der Waals surface area contributed by atoms with Gasteiger partial charge in [0.25, 0.3) is 0 Å². The third kappa shape index (κ3) is 5.29. The van der Waals surface area contributed by atoms with Gasteiger partial charge in [0.15, 0.2) is 0 Å². The maximum atomic E-state index is 4.50. The van der Waals surface area contributed by atoms with Gasteiger partial charge in [0.1, 0.15) is 0 Å². The zero-order valence-electron chi connectivity index (χ0n) is 9.67. The highest BCUT2D eigenvalue weighted by molar-refractivity contribution is 9.09. The van der Waals surface area contributed by atoms with Crippen LogP contribution in [0.1, 0.15) is 25.7 Å². The maximum absolute atomic E-state index is 4.50. The van der Waals surface area contributed by atoms with Crippen LogP contribution in [0, 0.1) is 11.8 Å². The number of hydrogen-bond donors (Lipinski definition) is 3. The fourth-order valence-electron chi connectivity index (χ4n) is 2.17. The van der Waals surface area contributed by atoms with E-state index >= 15 is 0 Å². The standard InChI is InChI=1S/C7H11Br.3CH5N/c8-7-4-5-1-2-6(7)3-5;3*1-2/h5-7H,1-4H2;3*2H2,1H3. The van der Waals surface area contributed by atoms with E-state index in [1.165, 1.54) is 46.8 Å². The van der Waals surface area contributed by atoms with Crippen LogP contribution in [0.2, 0.25) is 0 Å². The molecule has 0 aliphatic heterocycles. The summed E-state index contributed by atoms with van der Waals surface area (Å²) in [6, 6.07) is 0. The first kappa shape index (κ1) is 16.8. The molecule has 2 saturated carbocycles. The van der Waals surface area contributed by atoms with E-state index < -0.39 is 0 Å². The second kappa shape index (κ2) is 11.4. The molecular weight excluding hydrogens is 242 g/mol. The van der Waals surface area contributed by atoms with Crippen LogP contribution < -0.4 is 17.2 Å². The van der Waals surface area contributed by atoms with Gasteiger partial charge in [-0.05, 0) is 52.2 Å². The number of nitrogens with two attached hydrogens (primary N) is 3. The van der Waals surface area contributed by atoms with Gasteiger partial charge in [-0.1, -0.05) is 22.4 Å². The Morgan fingerprint density at radius 2 is 1.36 bits per heavy atom. The predicted octanol–water partition coefficient (Wildman–Crippen LogP) is 1.29. The molecule has 4 heteroatoms. The number of rotatable bonds is 0. The molecule has 14 heavy (non-hydrogen) atoms. The molecule has 2 rings (SSSR count). The largest absolute Gasteiger partial charge is 0.333 e. The molecule has 0 radical (unpaired) electrons. The molecule has 0 amide bonds. The molecule has 3 nitrogen and oxygen atoms in total. The first-order valence-electron chi connectivity index (χ1n) is 5.23. The SMILES string of the molecule is BrC1CC2CCC1C2.CN.CN.CN. The first-order chi connectivity index (χ1) is 6.86. The summed E-state index contributed by atoms with van der Waals surface area (Å²) in [4.78, 5) is 0.890. The zero-order chi connectivity index (χ0) is 11.6. The summed E-state index contributed by atoms with van der Waals surface area (Å²) in [5.74, 6) is 2.16. The van der Waals surface area contributed by atoms with E-state index in [1.54, 1.807) is 0 Å². The zero-order valence-corrected chi connectivity index (χ0v) is 11.3. The van der Waals surface area contributed by atoms with Gasteiger partial charge < -0.3 is 17.2 Å². The lowest BCUT2D eigenvalue weighted by Gasteiger charge is -2.13. The van der Waals surface area contributed by atoms with Crippen LogP contribution in [0.15, 0.2) is 0 Å². The Kier molecular flexibility index (Phi) is 13.7. The predicted molar refractivity (Wildman–Crippen MR) is 68.5 cm³/mol. The normalized spacial score (nSPS) is 31.5. The second-order valence-corrected chi connectivity index (χ2v) is 4.37. The third-order valence-corrected chi connectivity index (χ3v) is 3.77. The molecule has 2 bridgehead atoms. The Bertz CT molecular complexity index is 110. The lowest BCUT2D eigenvalue weighted by atomic mass is 10.0. The summed E-state index contributed by atoms with van der Waals surface area (Å²) in [5, 5.41) is 0. The Labute approximate surface area is 96.9 Å². The summed E-state index contributed by atoms with van der Waals surface area (Å²) < 4.78 is 0. The lowest BCUT2D eigenvalue weighted by Crippen LogP contribution is -2.07. The minimum atomic E-state index is 0.890. The first-order valence-corrected chi connectivity index (χ1v) is 6.15. The summed E-state index contributed by atoms with van der Waals surface area (Å²) in [6.07, 6.45) is 6.01. The van der Waals surface area contributed by atoms with Crippen LogP contribution in [0.4, 0.5) is 0 Å². The molecule has 0 aromatic heterocycles. The lowest BCUT2D eigenvalue weighted by molar-refractivity contribution is 0.497. The summed E-state index contributed by atoms with van der Waals surface area (Å²) in [7, 11) is 4.50. The van der Waals surface area contributed by atoms with E-state index in [0.29, 0.717) is 0 Å². The minimum absolute atomic E-state index is 0.890. The van der Waals surface area contributed by atoms with Crippen LogP contribution in [-0.4, -0.2) is 26.0 Å². The molecule has 0 saturated heterocycles. The highest BCUT2D eigenvalue weighted by Crippen LogP contribution is 2.47. The van der Waals surface area contributed by atoms with Crippen molar-refractivity contribution in [1.29, 1.82) is 0 Å². The molecule has 88 valence electrons. The van der Waals surface area contributed by atoms with Gasteiger partial charge in [0, 0.05) is 4.83 Å². The van der Waals surface area contributed by atoms with E-state index in [2.05, 4.69) is 33.1 Å². The fourth-order valence-corrected chi connectivity index (χ4v) is 3.18. The average Bonchev–Trinajstić information content (AvgIpc) is 2.88. The van der Waals surface area contributed by atoms with Gasteiger partial charge in [-0.3, -0.25) is 0 Å². The van der Waals surface area contributed by atoms with Crippen LogP contribution in [-0.2, 0) is 0 Å². The van der Waals surface area contributed by atoms with E-state index in [4.69, 9.17) is 0 Å². The smallest absolute Gasteiger partial charge is 0.0176 e. The van der Waals surface area contributed by atoms with Gasteiger partial charge in [0.05, 0.1) is 0 Å². The van der Waals surface area contributed by atoms with Crippen molar-refractivity contribution in [2.75, 3.05) is 21.1 Å². The fraction of sp³-hybridized carbons (Fsp3) is 1.00. The quantitative estimate of drug-likeness (QED) is 0.579. The summed E-state index contributed by atoms with van der Waals surface area (Å²) in [5.41, 5.74) is 13.5. The molecule has 3 unspecified atom stereocenters. The van der Waals surface area contributed by atoms with Crippen molar-refractivity contribution >= 4 is 15.9 Å². The Hall–Kier alpha value is 0.360. The molecule has 2 aliphatic carbocycles. The second-order valence-electron chi connectivity index (χ2n) is 3.19. The number of alkyl halides is 1. The van der Waals surface area contributed by atoms with Crippen molar-refractivity contribution in [3.63, 3.8) is 0 Å². The van der Waals surface area contributed by atoms with Crippen LogP contribution in [0.5, 0.6) is 0 Å². The van der Waals surface area contributed by atoms with Crippen molar-refractivity contribution in [1.82, 2.24) is 0 Å². The number of fused-ring (bicyclic) bond motifs is 2. The van der Waals surface area contributed by atoms with Gasteiger partial charge in [-0.25, -0.2) is 0 Å². The van der Waals surface area contributed by atoms with Crippen LogP contribution in [0.25, 0.3) is 0 Å². The highest BCUT2D eigenvalue weighted by Gasteiger charge is 2.37. The number of halogens is 1. The minimum Gasteiger partial charge on any atom is -0.333 e. The molecule has 0 aromatic rings. The van der Waals surface area contributed by atoms with Crippen molar-refractivity contribution in [3.8, 4) is 0 Å². The average molecular weight is 268 g/mol. The van der Waals surface area contributed by atoms with Gasteiger partial charge in [-0.2, -0.15) is 0 Å². The monoisotopic (exact) mass is 267 g/mol. The molecule has 0 spiro atoms. The maximum Gasteiger partial charge on any atom is 0.0176 e. The summed E-state index contributed by atoms with van der Waals surface area (Å²) >= 11 is 3.70. The molecule has 2 fully saturated rings. The van der Waals surface area contributed by atoms with E-state index in [1.807, 2.05) is 0 Å². The van der Waals surface area contributed by atoms with Crippen molar-refractivity contribution in [2.24, 2.45) is 29.0 Å². The Balaban J connectivity index is 0. The topological polar surface area (TPSA) is 78.1 Å². The molecule has 6 N–H and O–H groups in total. The Morgan fingerprint density at radius 3 is 1.50 bits per heavy atom. The van der Waals surface area contributed by atoms with Crippen molar-refractivity contribution < 1.29 is 0 Å². The van der Waals surface area contributed by atoms with Crippen molar-refractivity contribution in [3.05, 3.63) is 0 Å². The van der Waals surface area contributed by atoms with Gasteiger partial charge >= 0.3 is 0 Å². The molecule has 3 atom stereocenters. The Morgan fingerprint density at radius 1 is 0.857 bits per heavy atom. The van der Waals surface area contributed by atoms with Gasteiger partial charge in [0.2, 0.25) is 0 Å². The van der Waals surface area contributed by atoms with E-state index in [0.717, 1.165) is 16.7 Å². The van der Waals surface area contributed by atoms with Gasteiger partial charge in [-0.15, -0.1) is 0 Å².